The molecule has 0 atom stereocenters. The van der Waals surface area contributed by atoms with E-state index in [0.717, 1.165) is 18.9 Å². The molecule has 0 bridgehead atoms. The Morgan fingerprint density at radius 1 is 1.50 bits per heavy atom. The lowest BCUT2D eigenvalue weighted by atomic mass is 10.2. The third-order valence-corrected chi connectivity index (χ3v) is 2.41. The van der Waals surface area contributed by atoms with Crippen molar-refractivity contribution in [3.05, 3.63) is 29.6 Å². The molecule has 0 saturated heterocycles. The molecule has 1 N–H and O–H groups in total. The molecule has 1 amide bonds. The Morgan fingerprint density at radius 3 is 2.89 bits per heavy atom. The van der Waals surface area contributed by atoms with Crippen LogP contribution in [0.1, 0.15) is 29.6 Å². The van der Waals surface area contributed by atoms with Gasteiger partial charge < -0.3 is 10.1 Å². The third kappa shape index (κ3) is 4.06. The van der Waals surface area contributed by atoms with Crippen LogP contribution >= 0.6 is 0 Å². The molecule has 5 heteroatoms. The van der Waals surface area contributed by atoms with E-state index in [2.05, 4.69) is 5.32 Å². The highest BCUT2D eigenvalue weighted by Gasteiger charge is 2.09. The van der Waals surface area contributed by atoms with Crippen molar-refractivity contribution in [3.63, 3.8) is 0 Å². The second kappa shape index (κ2) is 7.28. The van der Waals surface area contributed by atoms with Crippen molar-refractivity contribution >= 4 is 5.91 Å². The molecule has 0 aliphatic rings. The molecule has 0 fully saturated rings. The SMILES string of the molecule is COc1ccc(C(=O)NCCCCC#N)cc1F. The van der Waals surface area contributed by atoms with E-state index in [-0.39, 0.29) is 17.2 Å². The maximum atomic E-state index is 13.4. The first kappa shape index (κ1) is 14.0. The minimum absolute atomic E-state index is 0.112. The van der Waals surface area contributed by atoms with Gasteiger partial charge in [0.15, 0.2) is 11.6 Å². The lowest BCUT2D eigenvalue weighted by Gasteiger charge is -2.06. The molecule has 0 heterocycles. The summed E-state index contributed by atoms with van der Waals surface area (Å²) in [6, 6.07) is 6.10. The maximum Gasteiger partial charge on any atom is 0.251 e. The van der Waals surface area contributed by atoms with Gasteiger partial charge in [-0.1, -0.05) is 0 Å². The zero-order chi connectivity index (χ0) is 13.4. The van der Waals surface area contributed by atoms with Gasteiger partial charge in [0.2, 0.25) is 0 Å². The van der Waals surface area contributed by atoms with Crippen LogP contribution in [0.15, 0.2) is 18.2 Å². The summed E-state index contributed by atoms with van der Waals surface area (Å²) in [5.74, 6) is -0.774. The van der Waals surface area contributed by atoms with E-state index in [1.165, 1.54) is 19.2 Å². The predicted octanol–water partition coefficient (Wildman–Crippen LogP) is 2.26. The van der Waals surface area contributed by atoms with Crippen LogP contribution in [0, 0.1) is 17.1 Å². The van der Waals surface area contributed by atoms with E-state index in [1.807, 2.05) is 6.07 Å². The Labute approximate surface area is 105 Å². The highest BCUT2D eigenvalue weighted by atomic mass is 19.1. The molecule has 0 unspecified atom stereocenters. The smallest absolute Gasteiger partial charge is 0.251 e. The zero-order valence-corrected chi connectivity index (χ0v) is 10.2. The van der Waals surface area contributed by atoms with Crippen molar-refractivity contribution < 1.29 is 13.9 Å². The van der Waals surface area contributed by atoms with Gasteiger partial charge in [-0.15, -0.1) is 0 Å². The second-order valence-electron chi connectivity index (χ2n) is 3.72. The summed E-state index contributed by atoms with van der Waals surface area (Å²) < 4.78 is 18.1. The van der Waals surface area contributed by atoms with Gasteiger partial charge in [-0.2, -0.15) is 5.26 Å². The van der Waals surface area contributed by atoms with E-state index >= 15 is 0 Å². The Morgan fingerprint density at radius 2 is 2.28 bits per heavy atom. The summed E-state index contributed by atoms with van der Waals surface area (Å²) in [5, 5.41) is 11.0. The van der Waals surface area contributed by atoms with Crippen molar-refractivity contribution in [1.82, 2.24) is 5.32 Å². The highest BCUT2D eigenvalue weighted by Crippen LogP contribution is 2.17. The lowest BCUT2D eigenvalue weighted by Crippen LogP contribution is -2.24. The van der Waals surface area contributed by atoms with E-state index in [9.17, 15) is 9.18 Å². The molecule has 0 aromatic heterocycles. The number of unbranched alkanes of at least 4 members (excludes halogenated alkanes) is 2. The number of benzene rings is 1. The van der Waals surface area contributed by atoms with Crippen molar-refractivity contribution in [2.45, 2.75) is 19.3 Å². The average Bonchev–Trinajstić information content (AvgIpc) is 2.38. The molecular weight excluding hydrogens is 235 g/mol. The van der Waals surface area contributed by atoms with Crippen LogP contribution in [-0.4, -0.2) is 19.6 Å². The predicted molar refractivity (Wildman–Crippen MR) is 64.7 cm³/mol. The monoisotopic (exact) mass is 250 g/mol. The van der Waals surface area contributed by atoms with Gasteiger partial charge in [0.1, 0.15) is 0 Å². The summed E-state index contributed by atoms with van der Waals surface area (Å²) >= 11 is 0. The Bertz CT molecular complexity index is 455. The lowest BCUT2D eigenvalue weighted by molar-refractivity contribution is 0.0952. The van der Waals surface area contributed by atoms with Crippen LogP contribution < -0.4 is 10.1 Å². The van der Waals surface area contributed by atoms with Crippen molar-refractivity contribution in [2.24, 2.45) is 0 Å². The summed E-state index contributed by atoms with van der Waals surface area (Å²) in [4.78, 5) is 11.6. The largest absolute Gasteiger partial charge is 0.494 e. The van der Waals surface area contributed by atoms with Crippen LogP contribution in [0.25, 0.3) is 0 Å². The Balaban J connectivity index is 2.47. The molecule has 4 nitrogen and oxygen atoms in total. The topological polar surface area (TPSA) is 62.1 Å². The molecule has 0 aliphatic carbocycles. The van der Waals surface area contributed by atoms with Crippen LogP contribution in [0.3, 0.4) is 0 Å². The number of nitrogens with one attached hydrogen (secondary N) is 1. The number of amides is 1. The van der Waals surface area contributed by atoms with Gasteiger partial charge in [0, 0.05) is 18.5 Å². The van der Waals surface area contributed by atoms with Crippen molar-refractivity contribution in [1.29, 1.82) is 5.26 Å². The second-order valence-corrected chi connectivity index (χ2v) is 3.72. The Hall–Kier alpha value is -2.09. The van der Waals surface area contributed by atoms with Crippen LogP contribution in [0.5, 0.6) is 5.75 Å². The standard InChI is InChI=1S/C13H15FN2O2/c1-18-12-6-5-10(9-11(12)14)13(17)16-8-4-2-3-7-15/h5-6,9H,2-4,8H2,1H3,(H,16,17). The third-order valence-electron chi connectivity index (χ3n) is 2.41. The van der Waals surface area contributed by atoms with E-state index in [0.29, 0.717) is 13.0 Å². The van der Waals surface area contributed by atoms with Gasteiger partial charge >= 0.3 is 0 Å². The summed E-state index contributed by atoms with van der Waals surface area (Å²) in [7, 11) is 1.37. The quantitative estimate of drug-likeness (QED) is 0.788. The van der Waals surface area contributed by atoms with Crippen LogP contribution in [0.2, 0.25) is 0 Å². The van der Waals surface area contributed by atoms with E-state index in [1.54, 1.807) is 0 Å². The number of halogens is 1. The van der Waals surface area contributed by atoms with Gasteiger partial charge in [-0.05, 0) is 31.0 Å². The van der Waals surface area contributed by atoms with E-state index in [4.69, 9.17) is 10.00 Å². The Kier molecular flexibility index (Phi) is 5.65. The zero-order valence-electron chi connectivity index (χ0n) is 10.2. The number of nitrogens with zero attached hydrogens (tertiary/aromatic N) is 1. The molecule has 96 valence electrons. The molecular formula is C13H15FN2O2. The molecule has 0 saturated carbocycles. The van der Waals surface area contributed by atoms with Crippen LogP contribution in [0.4, 0.5) is 4.39 Å². The van der Waals surface area contributed by atoms with Crippen molar-refractivity contribution in [2.75, 3.05) is 13.7 Å². The minimum atomic E-state index is -0.561. The fourth-order valence-corrected chi connectivity index (χ4v) is 1.44. The highest BCUT2D eigenvalue weighted by molar-refractivity contribution is 5.94. The molecule has 0 radical (unpaired) electrons. The van der Waals surface area contributed by atoms with Crippen LogP contribution in [-0.2, 0) is 0 Å². The van der Waals surface area contributed by atoms with Gasteiger partial charge in [0.25, 0.3) is 5.91 Å². The number of carbonyl (C=O) groups is 1. The molecule has 1 aromatic rings. The number of carbonyl (C=O) groups excluding carboxylic acids is 1. The molecule has 1 aromatic carbocycles. The summed E-state index contributed by atoms with van der Waals surface area (Å²) in [6.07, 6.45) is 1.96. The van der Waals surface area contributed by atoms with Gasteiger partial charge in [-0.25, -0.2) is 4.39 Å². The number of nitriles is 1. The normalized spacial score (nSPS) is 9.61. The van der Waals surface area contributed by atoms with Gasteiger partial charge in [-0.3, -0.25) is 4.79 Å². The minimum Gasteiger partial charge on any atom is -0.494 e. The molecule has 0 spiro atoms. The molecule has 0 aliphatic heterocycles. The van der Waals surface area contributed by atoms with Crippen molar-refractivity contribution in [3.8, 4) is 11.8 Å². The maximum absolute atomic E-state index is 13.4. The fraction of sp³-hybridized carbons (Fsp3) is 0.385. The molecule has 18 heavy (non-hydrogen) atoms. The van der Waals surface area contributed by atoms with Gasteiger partial charge in [0.05, 0.1) is 13.2 Å². The molecule has 1 rings (SSSR count). The average molecular weight is 250 g/mol. The van der Waals surface area contributed by atoms with E-state index < -0.39 is 5.82 Å². The number of hydrogen-bond donors (Lipinski definition) is 1. The number of ether oxygens (including phenoxy) is 1. The number of rotatable bonds is 6. The number of methoxy groups -OCH3 is 1. The first-order valence-corrected chi connectivity index (χ1v) is 5.67. The first-order valence-electron chi connectivity index (χ1n) is 5.67. The summed E-state index contributed by atoms with van der Waals surface area (Å²) in [6.45, 7) is 0.480. The summed E-state index contributed by atoms with van der Waals surface area (Å²) in [5.41, 5.74) is 0.258. The first-order chi connectivity index (χ1) is 8.69. The number of hydrogen-bond acceptors (Lipinski definition) is 3. The fourth-order valence-electron chi connectivity index (χ4n) is 1.44.